The molecule has 3 rings (SSSR count). The molecule has 1 aromatic heterocycles. The number of hydrogen-bond acceptors (Lipinski definition) is 3. The van der Waals surface area contributed by atoms with Gasteiger partial charge in [0.1, 0.15) is 5.01 Å². The van der Waals surface area contributed by atoms with Crippen LogP contribution in [-0.4, -0.2) is 11.5 Å². The highest BCUT2D eigenvalue weighted by Gasteiger charge is 2.40. The Hall–Kier alpha value is -1.19. The molecule has 0 radical (unpaired) electrons. The highest BCUT2D eigenvalue weighted by molar-refractivity contribution is 7.11. The van der Waals surface area contributed by atoms with Crippen molar-refractivity contribution in [3.63, 3.8) is 0 Å². The fourth-order valence-corrected chi connectivity index (χ4v) is 4.06. The van der Waals surface area contributed by atoms with Gasteiger partial charge in [-0.2, -0.15) is 0 Å². The Bertz CT molecular complexity index is 556. The van der Waals surface area contributed by atoms with Crippen LogP contribution >= 0.6 is 11.3 Å². The summed E-state index contributed by atoms with van der Waals surface area (Å²) in [5.74, 6) is 0. The summed E-state index contributed by atoms with van der Waals surface area (Å²) in [5, 5.41) is 4.96. The molecular formula is C16H20N2S. The molecule has 0 fully saturated rings. The molecule has 0 bridgehead atoms. The predicted molar refractivity (Wildman–Crippen MR) is 80.8 cm³/mol. The van der Waals surface area contributed by atoms with Gasteiger partial charge in [0.25, 0.3) is 0 Å². The SMILES string of the molecule is CCNC1(c2nc(C)c(C)s2)Cc2ccccc2C1. The number of benzene rings is 1. The summed E-state index contributed by atoms with van der Waals surface area (Å²) in [4.78, 5) is 6.16. The van der Waals surface area contributed by atoms with Gasteiger partial charge in [0.2, 0.25) is 0 Å². The van der Waals surface area contributed by atoms with Gasteiger partial charge in [-0.3, -0.25) is 0 Å². The molecule has 0 spiro atoms. The van der Waals surface area contributed by atoms with Crippen LogP contribution in [0.15, 0.2) is 24.3 Å². The molecule has 3 heteroatoms. The molecule has 0 saturated carbocycles. The fraction of sp³-hybridized carbons (Fsp3) is 0.438. The molecule has 0 amide bonds. The second-order valence-electron chi connectivity index (χ2n) is 5.40. The Balaban J connectivity index is 2.03. The van der Waals surface area contributed by atoms with Crippen LogP contribution in [-0.2, 0) is 18.4 Å². The summed E-state index contributed by atoms with van der Waals surface area (Å²) in [6, 6.07) is 8.78. The number of hydrogen-bond donors (Lipinski definition) is 1. The molecule has 1 aromatic carbocycles. The summed E-state index contributed by atoms with van der Waals surface area (Å²) in [6.45, 7) is 7.43. The number of aryl methyl sites for hydroxylation is 2. The van der Waals surface area contributed by atoms with E-state index in [1.807, 2.05) is 11.3 Å². The van der Waals surface area contributed by atoms with Crippen LogP contribution in [0, 0.1) is 13.8 Å². The van der Waals surface area contributed by atoms with Gasteiger partial charge in [0, 0.05) is 4.88 Å². The Morgan fingerprint density at radius 3 is 2.32 bits per heavy atom. The molecule has 19 heavy (non-hydrogen) atoms. The van der Waals surface area contributed by atoms with Gasteiger partial charge in [-0.05, 0) is 44.4 Å². The number of thiazole rings is 1. The van der Waals surface area contributed by atoms with Crippen molar-refractivity contribution in [2.24, 2.45) is 0 Å². The van der Waals surface area contributed by atoms with Crippen LogP contribution in [0.25, 0.3) is 0 Å². The molecule has 1 aliphatic rings. The van der Waals surface area contributed by atoms with Gasteiger partial charge in [0.05, 0.1) is 11.2 Å². The Morgan fingerprint density at radius 1 is 1.21 bits per heavy atom. The van der Waals surface area contributed by atoms with Crippen molar-refractivity contribution in [3.8, 4) is 0 Å². The molecular weight excluding hydrogens is 252 g/mol. The van der Waals surface area contributed by atoms with Crippen molar-refractivity contribution in [2.45, 2.75) is 39.2 Å². The van der Waals surface area contributed by atoms with Crippen molar-refractivity contribution in [3.05, 3.63) is 51.0 Å². The number of nitrogens with zero attached hydrogens (tertiary/aromatic N) is 1. The Morgan fingerprint density at radius 2 is 1.84 bits per heavy atom. The first kappa shape index (κ1) is 12.8. The topological polar surface area (TPSA) is 24.9 Å². The maximum atomic E-state index is 4.82. The summed E-state index contributed by atoms with van der Waals surface area (Å²) in [6.07, 6.45) is 2.12. The third kappa shape index (κ3) is 2.11. The molecule has 0 atom stereocenters. The van der Waals surface area contributed by atoms with Crippen LogP contribution in [0.4, 0.5) is 0 Å². The number of fused-ring (bicyclic) bond motifs is 1. The first-order valence-electron chi connectivity index (χ1n) is 6.91. The average molecular weight is 272 g/mol. The lowest BCUT2D eigenvalue weighted by Gasteiger charge is -2.27. The highest BCUT2D eigenvalue weighted by Crippen LogP contribution is 2.39. The van der Waals surface area contributed by atoms with E-state index in [0.717, 1.165) is 19.4 Å². The standard InChI is InChI=1S/C16H20N2S/c1-4-17-16(15-18-11(2)12(3)19-15)9-13-7-5-6-8-14(13)10-16/h5-8,17H,4,9-10H2,1-3H3. The van der Waals surface area contributed by atoms with E-state index in [0.29, 0.717) is 0 Å². The number of likely N-dealkylation sites (N-methyl/N-ethyl adjacent to an activating group) is 1. The number of nitrogens with one attached hydrogen (secondary N) is 1. The quantitative estimate of drug-likeness (QED) is 0.926. The summed E-state index contributed by atoms with van der Waals surface area (Å²) in [5.41, 5.74) is 4.12. The van der Waals surface area contributed by atoms with Crippen LogP contribution in [0.2, 0.25) is 0 Å². The first-order chi connectivity index (χ1) is 9.14. The molecule has 1 N–H and O–H groups in total. The molecule has 2 aromatic rings. The number of rotatable bonds is 3. The van der Waals surface area contributed by atoms with E-state index in [1.165, 1.54) is 26.7 Å². The van der Waals surface area contributed by atoms with Crippen LogP contribution in [0.1, 0.15) is 33.6 Å². The van der Waals surface area contributed by atoms with Gasteiger partial charge in [-0.25, -0.2) is 4.98 Å². The van der Waals surface area contributed by atoms with Crippen LogP contribution < -0.4 is 5.32 Å². The summed E-state index contributed by atoms with van der Waals surface area (Å²) >= 11 is 1.85. The van der Waals surface area contributed by atoms with Crippen molar-refractivity contribution in [1.82, 2.24) is 10.3 Å². The van der Waals surface area contributed by atoms with Gasteiger partial charge in [-0.15, -0.1) is 11.3 Å². The lowest BCUT2D eigenvalue weighted by Crippen LogP contribution is -2.43. The summed E-state index contributed by atoms with van der Waals surface area (Å²) in [7, 11) is 0. The van der Waals surface area contributed by atoms with Gasteiger partial charge >= 0.3 is 0 Å². The molecule has 0 unspecified atom stereocenters. The minimum absolute atomic E-state index is 0.0160. The zero-order valence-corrected chi connectivity index (χ0v) is 12.6. The molecule has 100 valence electrons. The van der Waals surface area contributed by atoms with Gasteiger partial charge in [-0.1, -0.05) is 31.2 Å². The monoisotopic (exact) mass is 272 g/mol. The fourth-order valence-electron chi connectivity index (χ4n) is 2.98. The predicted octanol–water partition coefficient (Wildman–Crippen LogP) is 3.36. The third-order valence-electron chi connectivity index (χ3n) is 4.06. The van der Waals surface area contributed by atoms with Crippen molar-refractivity contribution in [1.29, 1.82) is 0 Å². The zero-order valence-electron chi connectivity index (χ0n) is 11.8. The molecule has 0 aliphatic heterocycles. The maximum Gasteiger partial charge on any atom is 0.114 e. The van der Waals surface area contributed by atoms with E-state index in [9.17, 15) is 0 Å². The lowest BCUT2D eigenvalue weighted by molar-refractivity contribution is 0.356. The van der Waals surface area contributed by atoms with Crippen molar-refractivity contribution in [2.75, 3.05) is 6.54 Å². The highest BCUT2D eigenvalue weighted by atomic mass is 32.1. The smallest absolute Gasteiger partial charge is 0.114 e. The second kappa shape index (κ2) is 4.73. The molecule has 1 heterocycles. The van der Waals surface area contributed by atoms with Gasteiger partial charge in [0.15, 0.2) is 0 Å². The second-order valence-corrected chi connectivity index (χ2v) is 6.60. The Labute approximate surface area is 118 Å². The molecule has 2 nitrogen and oxygen atoms in total. The van der Waals surface area contributed by atoms with E-state index in [2.05, 4.69) is 50.4 Å². The van der Waals surface area contributed by atoms with E-state index < -0.39 is 0 Å². The molecule has 0 saturated heterocycles. The normalized spacial score (nSPS) is 16.6. The van der Waals surface area contributed by atoms with Crippen molar-refractivity contribution < 1.29 is 0 Å². The average Bonchev–Trinajstić information content (AvgIpc) is 2.92. The van der Waals surface area contributed by atoms with Gasteiger partial charge < -0.3 is 5.32 Å². The third-order valence-corrected chi connectivity index (χ3v) is 5.33. The van der Waals surface area contributed by atoms with Crippen LogP contribution in [0.3, 0.4) is 0 Å². The lowest BCUT2D eigenvalue weighted by atomic mass is 9.96. The molecule has 1 aliphatic carbocycles. The van der Waals surface area contributed by atoms with E-state index >= 15 is 0 Å². The van der Waals surface area contributed by atoms with Crippen molar-refractivity contribution >= 4 is 11.3 Å². The minimum Gasteiger partial charge on any atom is -0.305 e. The van der Waals surface area contributed by atoms with E-state index in [4.69, 9.17) is 4.98 Å². The first-order valence-corrected chi connectivity index (χ1v) is 7.72. The minimum atomic E-state index is 0.0160. The Kier molecular flexibility index (Phi) is 3.19. The summed E-state index contributed by atoms with van der Waals surface area (Å²) < 4.78 is 0. The van der Waals surface area contributed by atoms with E-state index in [1.54, 1.807) is 0 Å². The maximum absolute atomic E-state index is 4.82. The largest absolute Gasteiger partial charge is 0.305 e. The van der Waals surface area contributed by atoms with Crippen LogP contribution in [0.5, 0.6) is 0 Å². The number of aromatic nitrogens is 1. The van der Waals surface area contributed by atoms with E-state index in [-0.39, 0.29) is 5.54 Å². The zero-order chi connectivity index (χ0) is 13.5.